The van der Waals surface area contributed by atoms with E-state index in [1.54, 1.807) is 23.4 Å². The van der Waals surface area contributed by atoms with Crippen molar-refractivity contribution in [2.75, 3.05) is 16.8 Å². The fourth-order valence-electron chi connectivity index (χ4n) is 4.02. The Bertz CT molecular complexity index is 1230. The molecule has 2 atom stereocenters. The Labute approximate surface area is 201 Å². The third kappa shape index (κ3) is 5.18. The zero-order valence-electron chi connectivity index (χ0n) is 19.8. The summed E-state index contributed by atoms with van der Waals surface area (Å²) in [6, 6.07) is 5.55. The van der Waals surface area contributed by atoms with Crippen LogP contribution in [0.5, 0.6) is 0 Å². The minimum Gasteiger partial charge on any atom is -0.346 e. The average Bonchev–Trinajstić information content (AvgIpc) is 3.20. The van der Waals surface area contributed by atoms with Crippen molar-refractivity contribution in [2.45, 2.75) is 46.0 Å². The second-order valence-electron chi connectivity index (χ2n) is 8.82. The fraction of sp³-hybridized carbons (Fsp3) is 0.375. The largest absolute Gasteiger partial charge is 0.433 e. The highest BCUT2D eigenvalue weighted by Crippen LogP contribution is 2.32. The SMILES string of the molecule is Cc1cc([C@H](C)Nc2nccc(N3C(=O)NC[C@@H]3C(C)C)n2)ncc1-c1ccnc(C(F)(F)F)c1. The molecule has 4 rings (SSSR count). The Hall–Kier alpha value is -3.76. The van der Waals surface area contributed by atoms with Gasteiger partial charge in [0, 0.05) is 30.7 Å². The summed E-state index contributed by atoms with van der Waals surface area (Å²) in [6.07, 6.45) is -0.235. The number of carbonyl (C=O) groups excluding carboxylic acids is 1. The number of nitrogens with zero attached hydrogens (tertiary/aromatic N) is 5. The maximum atomic E-state index is 13.0. The Morgan fingerprint density at radius 3 is 2.54 bits per heavy atom. The maximum Gasteiger partial charge on any atom is 0.433 e. The van der Waals surface area contributed by atoms with Gasteiger partial charge in [-0.25, -0.2) is 9.78 Å². The highest BCUT2D eigenvalue weighted by Gasteiger charge is 2.35. The first-order valence-corrected chi connectivity index (χ1v) is 11.2. The molecule has 2 N–H and O–H groups in total. The van der Waals surface area contributed by atoms with Gasteiger partial charge in [-0.15, -0.1) is 0 Å². The molecule has 2 amide bonds. The minimum atomic E-state index is -4.52. The van der Waals surface area contributed by atoms with Gasteiger partial charge in [-0.3, -0.25) is 14.9 Å². The summed E-state index contributed by atoms with van der Waals surface area (Å²) in [4.78, 5) is 30.7. The van der Waals surface area contributed by atoms with Gasteiger partial charge in [0.15, 0.2) is 0 Å². The molecule has 0 spiro atoms. The second kappa shape index (κ2) is 9.47. The number of carbonyl (C=O) groups is 1. The fourth-order valence-corrected chi connectivity index (χ4v) is 4.02. The monoisotopic (exact) mass is 485 g/mol. The van der Waals surface area contributed by atoms with Gasteiger partial charge >= 0.3 is 12.2 Å². The van der Waals surface area contributed by atoms with Crippen LogP contribution in [0.15, 0.2) is 42.9 Å². The molecular formula is C24H26F3N7O. The number of aromatic nitrogens is 4. The summed E-state index contributed by atoms with van der Waals surface area (Å²) in [5, 5.41) is 6.05. The Kier molecular flexibility index (Phi) is 6.60. The lowest BCUT2D eigenvalue weighted by molar-refractivity contribution is -0.141. The van der Waals surface area contributed by atoms with Crippen LogP contribution >= 0.6 is 0 Å². The summed E-state index contributed by atoms with van der Waals surface area (Å²) in [5.41, 5.74) is 1.48. The molecule has 0 bridgehead atoms. The number of hydrogen-bond donors (Lipinski definition) is 2. The van der Waals surface area contributed by atoms with E-state index < -0.39 is 11.9 Å². The highest BCUT2D eigenvalue weighted by atomic mass is 19.4. The van der Waals surface area contributed by atoms with E-state index in [0.717, 1.165) is 17.8 Å². The first-order valence-electron chi connectivity index (χ1n) is 11.2. The predicted octanol–water partition coefficient (Wildman–Crippen LogP) is 4.99. The summed E-state index contributed by atoms with van der Waals surface area (Å²) < 4.78 is 39.1. The molecule has 0 saturated carbocycles. The average molecular weight is 486 g/mol. The van der Waals surface area contributed by atoms with Gasteiger partial charge in [0.05, 0.1) is 17.8 Å². The zero-order chi connectivity index (χ0) is 25.3. The van der Waals surface area contributed by atoms with E-state index >= 15 is 0 Å². The summed E-state index contributed by atoms with van der Waals surface area (Å²) in [7, 11) is 0. The highest BCUT2D eigenvalue weighted by molar-refractivity contribution is 5.94. The lowest BCUT2D eigenvalue weighted by Crippen LogP contribution is -2.38. The van der Waals surface area contributed by atoms with E-state index in [4.69, 9.17) is 0 Å². The van der Waals surface area contributed by atoms with E-state index in [2.05, 4.69) is 30.6 Å². The molecule has 0 unspecified atom stereocenters. The number of pyridine rings is 2. The molecular weight excluding hydrogens is 459 g/mol. The van der Waals surface area contributed by atoms with Crippen molar-refractivity contribution in [1.82, 2.24) is 25.3 Å². The summed E-state index contributed by atoms with van der Waals surface area (Å²) in [5.74, 6) is 1.09. The van der Waals surface area contributed by atoms with Gasteiger partial charge in [-0.1, -0.05) is 13.8 Å². The zero-order valence-corrected chi connectivity index (χ0v) is 19.8. The van der Waals surface area contributed by atoms with Crippen molar-refractivity contribution in [2.24, 2.45) is 5.92 Å². The molecule has 4 heterocycles. The Balaban J connectivity index is 1.54. The van der Waals surface area contributed by atoms with Crippen molar-refractivity contribution >= 4 is 17.8 Å². The number of hydrogen-bond acceptors (Lipinski definition) is 6. The number of nitrogens with one attached hydrogen (secondary N) is 2. The van der Waals surface area contributed by atoms with Gasteiger partial charge < -0.3 is 10.6 Å². The molecule has 184 valence electrons. The molecule has 8 nitrogen and oxygen atoms in total. The third-order valence-corrected chi connectivity index (χ3v) is 5.95. The number of alkyl halides is 3. The standard InChI is InChI=1S/C24H26F3N7O/c1-13(2)19-12-31-23(35)34(19)21-6-8-29-22(33-21)32-15(4)18-9-14(3)17(11-30-18)16-5-7-28-20(10-16)24(25,26)27/h5-11,13,15,19H,12H2,1-4H3,(H,31,35)(H,29,32,33)/t15-,19+/m0/s1. The third-order valence-electron chi connectivity index (χ3n) is 5.95. The second-order valence-corrected chi connectivity index (χ2v) is 8.82. The normalized spacial score (nSPS) is 17.0. The lowest BCUT2D eigenvalue weighted by atomic mass is 10.0. The molecule has 1 saturated heterocycles. The molecule has 3 aromatic rings. The van der Waals surface area contributed by atoms with E-state index in [-0.39, 0.29) is 24.0 Å². The van der Waals surface area contributed by atoms with Crippen LogP contribution in [0, 0.1) is 12.8 Å². The molecule has 1 aliphatic rings. The van der Waals surface area contributed by atoms with Gasteiger partial charge in [0.2, 0.25) is 5.95 Å². The molecule has 3 aromatic heterocycles. The van der Waals surface area contributed by atoms with Crippen LogP contribution in [0.3, 0.4) is 0 Å². The van der Waals surface area contributed by atoms with Crippen molar-refractivity contribution in [3.8, 4) is 11.1 Å². The van der Waals surface area contributed by atoms with Gasteiger partial charge in [0.1, 0.15) is 11.5 Å². The number of halogens is 3. The van der Waals surface area contributed by atoms with Crippen LogP contribution in [-0.2, 0) is 6.18 Å². The molecule has 0 aliphatic carbocycles. The van der Waals surface area contributed by atoms with E-state index in [1.165, 1.54) is 6.07 Å². The van der Waals surface area contributed by atoms with Crippen molar-refractivity contribution in [1.29, 1.82) is 0 Å². The molecule has 1 aliphatic heterocycles. The van der Waals surface area contributed by atoms with Crippen LogP contribution in [-0.4, -0.2) is 38.6 Å². The summed E-state index contributed by atoms with van der Waals surface area (Å²) in [6.45, 7) is 8.35. The van der Waals surface area contributed by atoms with E-state index in [1.807, 2.05) is 33.8 Å². The van der Waals surface area contributed by atoms with Crippen LogP contribution in [0.1, 0.15) is 43.8 Å². The predicted molar refractivity (Wildman–Crippen MR) is 126 cm³/mol. The van der Waals surface area contributed by atoms with Crippen LogP contribution in [0.25, 0.3) is 11.1 Å². The van der Waals surface area contributed by atoms with Crippen molar-refractivity contribution in [3.63, 3.8) is 0 Å². The first kappa shape index (κ1) is 24.4. The summed E-state index contributed by atoms with van der Waals surface area (Å²) >= 11 is 0. The molecule has 1 fully saturated rings. The molecule has 35 heavy (non-hydrogen) atoms. The van der Waals surface area contributed by atoms with E-state index in [0.29, 0.717) is 35.1 Å². The minimum absolute atomic E-state index is 0.00872. The number of aryl methyl sites for hydroxylation is 1. The quantitative estimate of drug-likeness (QED) is 0.511. The lowest BCUT2D eigenvalue weighted by Gasteiger charge is -2.25. The van der Waals surface area contributed by atoms with E-state index in [9.17, 15) is 18.0 Å². The Morgan fingerprint density at radius 1 is 1.11 bits per heavy atom. The van der Waals surface area contributed by atoms with Crippen molar-refractivity contribution < 1.29 is 18.0 Å². The van der Waals surface area contributed by atoms with Gasteiger partial charge in [-0.05, 0) is 55.2 Å². The number of rotatable bonds is 6. The smallest absolute Gasteiger partial charge is 0.346 e. The molecule has 0 radical (unpaired) electrons. The molecule has 11 heteroatoms. The number of amides is 2. The number of urea groups is 1. The Morgan fingerprint density at radius 2 is 1.86 bits per heavy atom. The van der Waals surface area contributed by atoms with Crippen LogP contribution in [0.4, 0.5) is 29.7 Å². The van der Waals surface area contributed by atoms with Crippen LogP contribution in [0.2, 0.25) is 0 Å². The van der Waals surface area contributed by atoms with Crippen molar-refractivity contribution in [3.05, 3.63) is 59.8 Å². The number of anilines is 2. The molecule has 0 aromatic carbocycles. The first-order chi connectivity index (χ1) is 16.5. The van der Waals surface area contributed by atoms with Gasteiger partial charge in [0.25, 0.3) is 0 Å². The van der Waals surface area contributed by atoms with Gasteiger partial charge in [-0.2, -0.15) is 18.2 Å². The maximum absolute atomic E-state index is 13.0. The topological polar surface area (TPSA) is 95.9 Å². The van der Waals surface area contributed by atoms with Crippen LogP contribution < -0.4 is 15.5 Å².